The Morgan fingerprint density at radius 2 is 1.63 bits per heavy atom. The molecule has 3 nitrogen and oxygen atoms in total. The van der Waals surface area contributed by atoms with Crippen molar-refractivity contribution in [2.45, 2.75) is 30.7 Å². The van der Waals surface area contributed by atoms with Crippen LogP contribution in [-0.4, -0.2) is 48.1 Å². The summed E-state index contributed by atoms with van der Waals surface area (Å²) in [6.45, 7) is 13.0. The van der Waals surface area contributed by atoms with Crippen molar-refractivity contribution in [1.82, 2.24) is 0 Å². The zero-order valence-corrected chi connectivity index (χ0v) is 19.4. The van der Waals surface area contributed by atoms with E-state index >= 15 is 0 Å². The molecule has 4 heteroatoms. The van der Waals surface area contributed by atoms with E-state index in [9.17, 15) is 0 Å². The van der Waals surface area contributed by atoms with E-state index in [-0.39, 0.29) is 0 Å². The van der Waals surface area contributed by atoms with Crippen molar-refractivity contribution in [1.29, 1.82) is 0 Å². The summed E-state index contributed by atoms with van der Waals surface area (Å²) in [5, 5.41) is 0. The Kier molecular flexibility index (Phi) is 6.40. The van der Waals surface area contributed by atoms with E-state index in [1.165, 1.54) is 20.5 Å². The average molecular weight is 478 g/mol. The molecule has 2 aromatic rings. The van der Waals surface area contributed by atoms with Crippen molar-refractivity contribution in [2.24, 2.45) is 0 Å². The van der Waals surface area contributed by atoms with E-state index in [2.05, 4.69) is 93.7 Å². The fraction of sp³-hybridized carbons (Fsp3) is 0.391. The molecule has 0 bridgehead atoms. The normalized spacial score (nSPS) is 18.6. The molecule has 1 aliphatic rings. The van der Waals surface area contributed by atoms with E-state index in [0.29, 0.717) is 9.88 Å². The Balaban J connectivity index is 1.81. The molecule has 0 saturated carbocycles. The second kappa shape index (κ2) is 8.59. The quantitative estimate of drug-likeness (QED) is 0.572. The van der Waals surface area contributed by atoms with Crippen LogP contribution >= 0.6 is 0 Å². The molecule has 0 N–H and O–H groups in total. The predicted molar refractivity (Wildman–Crippen MR) is 118 cm³/mol. The second-order valence-corrected chi connectivity index (χ2v) is 10.6. The van der Waals surface area contributed by atoms with Gasteiger partial charge >= 0.3 is 174 Å². The van der Waals surface area contributed by atoms with Crippen LogP contribution in [-0.2, 0) is 0 Å². The van der Waals surface area contributed by atoms with Crippen LogP contribution in [0.5, 0.6) is 5.75 Å². The molecule has 0 aromatic heterocycles. The third-order valence-corrected chi connectivity index (χ3v) is 9.44. The number of fused-ring (bicyclic) bond motifs is 1. The van der Waals surface area contributed by atoms with Crippen molar-refractivity contribution < 1.29 is 4.74 Å². The summed E-state index contributed by atoms with van der Waals surface area (Å²) in [5.41, 5.74) is 3.79. The maximum atomic E-state index is 6.23. The van der Waals surface area contributed by atoms with Gasteiger partial charge in [0.05, 0.1) is 0 Å². The second-order valence-electron chi connectivity index (χ2n) is 7.18. The Morgan fingerprint density at radius 3 is 2.22 bits per heavy atom. The van der Waals surface area contributed by atoms with Gasteiger partial charge in [0.1, 0.15) is 0 Å². The van der Waals surface area contributed by atoms with Crippen LogP contribution < -0.4 is 18.1 Å². The van der Waals surface area contributed by atoms with Gasteiger partial charge in [-0.15, -0.1) is 0 Å². The van der Waals surface area contributed by atoms with E-state index in [4.69, 9.17) is 4.74 Å². The minimum absolute atomic E-state index is 0.424. The molecule has 1 heterocycles. The molecule has 0 spiro atoms. The van der Waals surface area contributed by atoms with Gasteiger partial charge in [0, 0.05) is 0 Å². The van der Waals surface area contributed by atoms with Gasteiger partial charge in [0.15, 0.2) is 0 Å². The van der Waals surface area contributed by atoms with Gasteiger partial charge in [-0.1, -0.05) is 0 Å². The van der Waals surface area contributed by atoms with Crippen LogP contribution in [0.4, 0.5) is 11.4 Å². The fourth-order valence-electron chi connectivity index (χ4n) is 3.55. The van der Waals surface area contributed by atoms with Crippen molar-refractivity contribution in [2.75, 3.05) is 37.0 Å². The first kappa shape index (κ1) is 20.1. The van der Waals surface area contributed by atoms with E-state index in [0.717, 1.165) is 24.6 Å². The van der Waals surface area contributed by atoms with Gasteiger partial charge < -0.3 is 0 Å². The number of rotatable bonds is 6. The molecule has 1 aliphatic heterocycles. The van der Waals surface area contributed by atoms with Crippen LogP contribution in [0.3, 0.4) is 0 Å². The molecule has 0 saturated heterocycles. The maximum absolute atomic E-state index is 6.23. The van der Waals surface area contributed by atoms with Gasteiger partial charge in [-0.25, -0.2) is 0 Å². The van der Waals surface area contributed by atoms with Crippen LogP contribution in [0.15, 0.2) is 54.8 Å². The summed E-state index contributed by atoms with van der Waals surface area (Å²) in [4.78, 5) is 4.49. The first-order valence-electron chi connectivity index (χ1n) is 9.64. The SMILES string of the molecule is C=C1Oc2cc(N(CC)CC)ccc2[C@@H](C)C1[Te]c1ccc(N(C)C)cc1. The molecule has 144 valence electrons. The van der Waals surface area contributed by atoms with Gasteiger partial charge in [-0.3, -0.25) is 0 Å². The predicted octanol–water partition coefficient (Wildman–Crippen LogP) is 4.43. The first-order chi connectivity index (χ1) is 12.9. The molecular weight excluding hydrogens is 448 g/mol. The number of hydrogen-bond acceptors (Lipinski definition) is 3. The monoisotopic (exact) mass is 480 g/mol. The number of hydrogen-bond donors (Lipinski definition) is 0. The van der Waals surface area contributed by atoms with E-state index in [1.54, 1.807) is 0 Å². The van der Waals surface area contributed by atoms with Crippen molar-refractivity contribution in [3.63, 3.8) is 0 Å². The van der Waals surface area contributed by atoms with Gasteiger partial charge in [-0.05, 0) is 0 Å². The van der Waals surface area contributed by atoms with Gasteiger partial charge in [0.25, 0.3) is 0 Å². The van der Waals surface area contributed by atoms with Crippen LogP contribution in [0.1, 0.15) is 32.3 Å². The molecule has 27 heavy (non-hydrogen) atoms. The summed E-state index contributed by atoms with van der Waals surface area (Å²) >= 11 is -0.426. The third-order valence-electron chi connectivity index (χ3n) is 5.24. The first-order valence-corrected chi connectivity index (χ1v) is 12.1. The fourth-order valence-corrected chi connectivity index (χ4v) is 6.74. The van der Waals surface area contributed by atoms with Gasteiger partial charge in [0.2, 0.25) is 0 Å². The van der Waals surface area contributed by atoms with Crippen LogP contribution in [0, 0.1) is 0 Å². The van der Waals surface area contributed by atoms with Crippen LogP contribution in [0.25, 0.3) is 0 Å². The summed E-state index contributed by atoms with van der Waals surface area (Å²) in [6, 6.07) is 15.7. The summed E-state index contributed by atoms with van der Waals surface area (Å²) in [7, 11) is 4.15. The minimum atomic E-state index is -0.426. The third kappa shape index (κ3) is 4.28. The van der Waals surface area contributed by atoms with Gasteiger partial charge in [-0.2, -0.15) is 0 Å². The number of anilines is 2. The standard InChI is InChI=1S/C23H30N2OTe/c1-7-25(8-2)19-11-14-21-16(3)23(17(4)26-22(21)15-19)27-20-12-9-18(10-13-20)24(5)6/h9-16,23H,4,7-8H2,1-3,5-6H3/t16-,23?/m1/s1. The molecule has 2 atom stereocenters. The zero-order chi connectivity index (χ0) is 19.6. The molecule has 0 radical (unpaired) electrons. The van der Waals surface area contributed by atoms with E-state index in [1.807, 2.05) is 0 Å². The Morgan fingerprint density at radius 1 is 1.00 bits per heavy atom. The Labute approximate surface area is 174 Å². The molecule has 1 unspecified atom stereocenters. The summed E-state index contributed by atoms with van der Waals surface area (Å²) < 4.78 is 8.11. The molecular formula is C23H30N2OTe. The molecule has 2 aromatic carbocycles. The topological polar surface area (TPSA) is 15.7 Å². The summed E-state index contributed by atoms with van der Waals surface area (Å²) in [6.07, 6.45) is 0. The number of allylic oxidation sites excluding steroid dienone is 1. The van der Waals surface area contributed by atoms with E-state index < -0.39 is 20.9 Å². The number of ether oxygens (including phenoxy) is 1. The molecule has 0 aliphatic carbocycles. The summed E-state index contributed by atoms with van der Waals surface area (Å²) in [5.74, 6) is 2.37. The molecule has 0 amide bonds. The zero-order valence-electron chi connectivity index (χ0n) is 17.0. The molecule has 3 rings (SSSR count). The van der Waals surface area contributed by atoms with Crippen molar-refractivity contribution >= 4 is 35.9 Å². The van der Waals surface area contributed by atoms with Crippen molar-refractivity contribution in [3.05, 3.63) is 60.4 Å². The number of benzene rings is 2. The molecule has 0 fully saturated rings. The Hall–Kier alpha value is -1.63. The van der Waals surface area contributed by atoms with Crippen LogP contribution in [0.2, 0.25) is 3.97 Å². The Bertz CT molecular complexity index is 797. The van der Waals surface area contributed by atoms with Crippen molar-refractivity contribution in [3.8, 4) is 5.75 Å². The average Bonchev–Trinajstić information content (AvgIpc) is 2.66. The number of nitrogens with zero attached hydrogens (tertiary/aromatic N) is 2.